The van der Waals surface area contributed by atoms with Crippen molar-refractivity contribution in [3.05, 3.63) is 54.1 Å². The van der Waals surface area contributed by atoms with Crippen LogP contribution < -0.4 is 15.0 Å². The minimum Gasteiger partial charge on any atom is -0.490 e. The molecule has 0 aromatic heterocycles. The van der Waals surface area contributed by atoms with E-state index in [1.165, 1.54) is 31.4 Å². The van der Waals surface area contributed by atoms with Gasteiger partial charge < -0.3 is 15.0 Å². The van der Waals surface area contributed by atoms with Gasteiger partial charge in [0.25, 0.3) is 0 Å². The van der Waals surface area contributed by atoms with E-state index in [0.29, 0.717) is 12.5 Å². The molecule has 1 saturated carbocycles. The van der Waals surface area contributed by atoms with Gasteiger partial charge in [0.2, 0.25) is 5.91 Å². The molecule has 2 aromatic carbocycles. The Morgan fingerprint density at radius 2 is 1.79 bits per heavy atom. The Hall–Kier alpha value is -2.49. The van der Waals surface area contributed by atoms with Crippen LogP contribution in [0.3, 0.4) is 0 Å². The summed E-state index contributed by atoms with van der Waals surface area (Å²) in [5.74, 6) is 0.990. The molecular formula is C24H30N2O2. The fourth-order valence-electron chi connectivity index (χ4n) is 4.21. The summed E-state index contributed by atoms with van der Waals surface area (Å²) in [7, 11) is 0. The number of rotatable bonds is 7. The molecule has 1 heterocycles. The quantitative estimate of drug-likeness (QED) is 0.722. The van der Waals surface area contributed by atoms with Gasteiger partial charge in [-0.25, -0.2) is 0 Å². The first-order valence-corrected chi connectivity index (χ1v) is 10.7. The normalized spacial score (nSPS) is 17.1. The molecule has 0 unspecified atom stereocenters. The number of aryl methyl sites for hydroxylation is 1. The predicted molar refractivity (Wildman–Crippen MR) is 114 cm³/mol. The van der Waals surface area contributed by atoms with Crippen LogP contribution in [0.2, 0.25) is 0 Å². The number of carbonyl (C=O) groups excluding carboxylic acids is 1. The molecule has 4 nitrogen and oxygen atoms in total. The van der Waals surface area contributed by atoms with Gasteiger partial charge in [-0.2, -0.15) is 0 Å². The van der Waals surface area contributed by atoms with Crippen LogP contribution in [0.15, 0.2) is 48.5 Å². The van der Waals surface area contributed by atoms with Crippen molar-refractivity contribution in [1.82, 2.24) is 0 Å². The van der Waals surface area contributed by atoms with E-state index < -0.39 is 0 Å². The molecule has 4 rings (SSSR count). The molecular weight excluding hydrogens is 348 g/mol. The van der Waals surface area contributed by atoms with Crippen LogP contribution in [0, 0.1) is 0 Å². The van der Waals surface area contributed by atoms with Crippen molar-refractivity contribution in [3.63, 3.8) is 0 Å². The van der Waals surface area contributed by atoms with Gasteiger partial charge in [-0.05, 0) is 80.8 Å². The average molecular weight is 379 g/mol. The summed E-state index contributed by atoms with van der Waals surface area (Å²) in [4.78, 5) is 14.8. The monoisotopic (exact) mass is 378 g/mol. The first-order chi connectivity index (χ1) is 13.8. The number of hydrogen-bond acceptors (Lipinski definition) is 3. The van der Waals surface area contributed by atoms with Gasteiger partial charge in [-0.3, -0.25) is 4.79 Å². The van der Waals surface area contributed by atoms with E-state index >= 15 is 0 Å². The molecule has 4 heteroatoms. The zero-order valence-electron chi connectivity index (χ0n) is 16.5. The standard InChI is InChI=1S/C24H30N2O2/c27-24(25-20-8-6-9-21(18-20)26-15-3-4-16-26)14-13-19-7-5-12-23(17-19)28-22-10-1-2-11-22/h5-9,12,17-18,22H,1-4,10-11,13-16H2,(H,25,27). The number of nitrogens with one attached hydrogen (secondary N) is 1. The van der Waals surface area contributed by atoms with Crippen LogP contribution in [0.4, 0.5) is 11.4 Å². The lowest BCUT2D eigenvalue weighted by Gasteiger charge is -2.18. The van der Waals surface area contributed by atoms with Crippen LogP contribution in [0.1, 0.15) is 50.5 Å². The summed E-state index contributed by atoms with van der Waals surface area (Å²) in [6, 6.07) is 16.4. The molecule has 2 aromatic rings. The third-order valence-electron chi connectivity index (χ3n) is 5.75. The Morgan fingerprint density at radius 1 is 1.00 bits per heavy atom. The fraction of sp³-hybridized carbons (Fsp3) is 0.458. The van der Waals surface area contributed by atoms with Gasteiger partial charge in [0.1, 0.15) is 5.75 Å². The number of anilines is 2. The van der Waals surface area contributed by atoms with E-state index in [4.69, 9.17) is 4.74 Å². The molecule has 1 N–H and O–H groups in total. The number of ether oxygens (including phenoxy) is 1. The Bertz CT molecular complexity index is 793. The smallest absolute Gasteiger partial charge is 0.224 e. The van der Waals surface area contributed by atoms with Crippen molar-refractivity contribution >= 4 is 17.3 Å². The zero-order chi connectivity index (χ0) is 19.2. The number of benzene rings is 2. The molecule has 2 fully saturated rings. The molecule has 28 heavy (non-hydrogen) atoms. The molecule has 0 bridgehead atoms. The Labute approximate surface area is 167 Å². The molecule has 1 aliphatic heterocycles. The maximum Gasteiger partial charge on any atom is 0.224 e. The summed E-state index contributed by atoms with van der Waals surface area (Å²) < 4.78 is 6.08. The second-order valence-corrected chi connectivity index (χ2v) is 7.96. The molecule has 0 atom stereocenters. The van der Waals surface area contributed by atoms with E-state index in [0.717, 1.165) is 49.4 Å². The van der Waals surface area contributed by atoms with Crippen LogP contribution >= 0.6 is 0 Å². The molecule has 0 spiro atoms. The van der Waals surface area contributed by atoms with Crippen LogP contribution in [-0.2, 0) is 11.2 Å². The number of nitrogens with zero attached hydrogens (tertiary/aromatic N) is 1. The molecule has 1 amide bonds. The Kier molecular flexibility index (Phi) is 6.15. The number of amides is 1. The van der Waals surface area contributed by atoms with Crippen molar-refractivity contribution < 1.29 is 9.53 Å². The van der Waals surface area contributed by atoms with E-state index in [1.807, 2.05) is 24.3 Å². The van der Waals surface area contributed by atoms with Crippen molar-refractivity contribution in [2.45, 2.75) is 57.5 Å². The third kappa shape index (κ3) is 5.06. The van der Waals surface area contributed by atoms with E-state index in [-0.39, 0.29) is 5.91 Å². The highest BCUT2D eigenvalue weighted by Gasteiger charge is 2.16. The predicted octanol–water partition coefficient (Wildman–Crippen LogP) is 5.18. The number of carbonyl (C=O) groups is 1. The van der Waals surface area contributed by atoms with E-state index in [9.17, 15) is 4.79 Å². The summed E-state index contributed by atoms with van der Waals surface area (Å²) in [6.07, 6.45) is 8.90. The van der Waals surface area contributed by atoms with E-state index in [2.05, 4.69) is 34.5 Å². The lowest BCUT2D eigenvalue weighted by Crippen LogP contribution is -2.18. The van der Waals surface area contributed by atoms with E-state index in [1.54, 1.807) is 0 Å². The van der Waals surface area contributed by atoms with Gasteiger partial charge in [-0.15, -0.1) is 0 Å². The highest BCUT2D eigenvalue weighted by molar-refractivity contribution is 5.91. The van der Waals surface area contributed by atoms with Crippen molar-refractivity contribution in [1.29, 1.82) is 0 Å². The highest BCUT2D eigenvalue weighted by Crippen LogP contribution is 2.25. The molecule has 148 valence electrons. The fourth-order valence-corrected chi connectivity index (χ4v) is 4.21. The van der Waals surface area contributed by atoms with Crippen LogP contribution in [0.5, 0.6) is 5.75 Å². The first kappa shape index (κ1) is 18.9. The zero-order valence-corrected chi connectivity index (χ0v) is 16.5. The first-order valence-electron chi connectivity index (χ1n) is 10.7. The lowest BCUT2D eigenvalue weighted by molar-refractivity contribution is -0.116. The minimum absolute atomic E-state index is 0.0562. The molecule has 1 saturated heterocycles. The van der Waals surface area contributed by atoms with Gasteiger partial charge in [0, 0.05) is 30.9 Å². The number of hydrogen-bond donors (Lipinski definition) is 1. The topological polar surface area (TPSA) is 41.6 Å². The SMILES string of the molecule is O=C(CCc1cccc(OC2CCCC2)c1)Nc1cccc(N2CCCC2)c1. The average Bonchev–Trinajstić information content (AvgIpc) is 3.41. The highest BCUT2D eigenvalue weighted by atomic mass is 16.5. The summed E-state index contributed by atoms with van der Waals surface area (Å²) in [5.41, 5.74) is 3.23. The third-order valence-corrected chi connectivity index (χ3v) is 5.75. The van der Waals surface area contributed by atoms with Crippen molar-refractivity contribution in [2.24, 2.45) is 0 Å². The second kappa shape index (κ2) is 9.13. The van der Waals surface area contributed by atoms with Crippen LogP contribution in [0.25, 0.3) is 0 Å². The molecule has 1 aliphatic carbocycles. The van der Waals surface area contributed by atoms with Crippen molar-refractivity contribution in [3.8, 4) is 5.75 Å². The van der Waals surface area contributed by atoms with Crippen LogP contribution in [-0.4, -0.2) is 25.1 Å². The van der Waals surface area contributed by atoms with Gasteiger partial charge in [0.15, 0.2) is 0 Å². The summed E-state index contributed by atoms with van der Waals surface area (Å²) in [6.45, 7) is 2.22. The summed E-state index contributed by atoms with van der Waals surface area (Å²) in [5, 5.41) is 3.05. The second-order valence-electron chi connectivity index (χ2n) is 7.96. The largest absolute Gasteiger partial charge is 0.490 e. The van der Waals surface area contributed by atoms with Crippen molar-refractivity contribution in [2.75, 3.05) is 23.3 Å². The van der Waals surface area contributed by atoms with Gasteiger partial charge in [-0.1, -0.05) is 18.2 Å². The van der Waals surface area contributed by atoms with Gasteiger partial charge >= 0.3 is 0 Å². The lowest BCUT2D eigenvalue weighted by atomic mass is 10.1. The Balaban J connectivity index is 1.29. The minimum atomic E-state index is 0.0562. The molecule has 2 aliphatic rings. The molecule has 0 radical (unpaired) electrons. The maximum absolute atomic E-state index is 12.4. The maximum atomic E-state index is 12.4. The summed E-state index contributed by atoms with van der Waals surface area (Å²) >= 11 is 0. The Morgan fingerprint density at radius 3 is 2.61 bits per heavy atom. The van der Waals surface area contributed by atoms with Gasteiger partial charge in [0.05, 0.1) is 6.10 Å².